The first-order valence-electron chi connectivity index (χ1n) is 13.6. The van der Waals surface area contributed by atoms with Crippen LogP contribution in [0.15, 0.2) is 81.9 Å². The van der Waals surface area contributed by atoms with Gasteiger partial charge in [-0.15, -0.1) is 0 Å². The first-order valence-corrected chi connectivity index (χ1v) is 14.4. The number of benzene rings is 2. The molecule has 0 aromatic heterocycles. The molecular formula is C32H26BrNO8. The first-order chi connectivity index (χ1) is 20.2. The Balaban J connectivity index is 1.38. The van der Waals surface area contributed by atoms with Crippen LogP contribution >= 0.6 is 15.9 Å². The number of phenols is 1. The lowest BCUT2D eigenvalue weighted by atomic mass is 9.59. The maximum atomic E-state index is 13.6. The number of ether oxygens (including phenoxy) is 1. The van der Waals surface area contributed by atoms with Crippen molar-refractivity contribution in [2.45, 2.75) is 31.8 Å². The number of imide groups is 1. The summed E-state index contributed by atoms with van der Waals surface area (Å²) in [6, 6.07) is 14.4. The number of aliphatic carboxylic acids is 1. The fourth-order valence-electron chi connectivity index (χ4n) is 6.65. The summed E-state index contributed by atoms with van der Waals surface area (Å²) in [5.74, 6) is -5.35. The number of likely N-dealkylation sites (tertiary alicyclic amines) is 1. The molecule has 1 saturated heterocycles. The number of fused-ring (bicyclic) bond motifs is 3. The van der Waals surface area contributed by atoms with Crippen LogP contribution in [-0.2, 0) is 30.6 Å². The number of aromatic hydroxyl groups is 1. The Morgan fingerprint density at radius 3 is 2.50 bits per heavy atom. The number of nitrogens with zero attached hydrogens (tertiary/aromatic N) is 1. The molecule has 0 bridgehead atoms. The smallest absolute Gasteiger partial charge is 0.305 e. The number of ketones is 2. The highest BCUT2D eigenvalue weighted by atomic mass is 79.9. The number of carbonyl (C=O) groups excluding carboxylic acids is 4. The maximum absolute atomic E-state index is 13.6. The van der Waals surface area contributed by atoms with Gasteiger partial charge in [0.25, 0.3) is 0 Å². The summed E-state index contributed by atoms with van der Waals surface area (Å²) in [5, 5.41) is 20.4. The van der Waals surface area contributed by atoms with Crippen LogP contribution < -0.4 is 4.74 Å². The van der Waals surface area contributed by atoms with Crippen LogP contribution in [0.4, 0.5) is 0 Å². The molecule has 42 heavy (non-hydrogen) atoms. The van der Waals surface area contributed by atoms with E-state index in [-0.39, 0.29) is 65.4 Å². The highest BCUT2D eigenvalue weighted by Gasteiger charge is 2.56. The predicted octanol–water partition coefficient (Wildman–Crippen LogP) is 4.21. The molecule has 0 spiro atoms. The number of rotatable bonds is 7. The van der Waals surface area contributed by atoms with Crippen molar-refractivity contribution >= 4 is 45.3 Å². The lowest BCUT2D eigenvalue weighted by molar-refractivity contribution is -0.142. The molecule has 6 rings (SSSR count). The highest BCUT2D eigenvalue weighted by molar-refractivity contribution is 9.12. The molecule has 214 valence electrons. The molecule has 0 saturated carbocycles. The molecule has 0 radical (unpaired) electrons. The molecule has 2 N–H and O–H groups in total. The van der Waals surface area contributed by atoms with E-state index in [4.69, 9.17) is 9.84 Å². The summed E-state index contributed by atoms with van der Waals surface area (Å²) in [6.45, 7) is 0.0609. The summed E-state index contributed by atoms with van der Waals surface area (Å²) >= 11 is 3.19. The van der Waals surface area contributed by atoms with E-state index in [1.807, 2.05) is 36.4 Å². The number of hydrogen-bond acceptors (Lipinski definition) is 7. The maximum Gasteiger partial charge on any atom is 0.305 e. The minimum absolute atomic E-state index is 0.0805. The lowest BCUT2D eigenvalue weighted by Gasteiger charge is -2.42. The number of Topliss-reactive ketones (excluding diaryl/α,β-unsaturated/α-hetero) is 1. The molecular weight excluding hydrogens is 606 g/mol. The predicted molar refractivity (Wildman–Crippen MR) is 152 cm³/mol. The van der Waals surface area contributed by atoms with E-state index in [0.29, 0.717) is 16.9 Å². The average Bonchev–Trinajstić information content (AvgIpc) is 3.22. The summed E-state index contributed by atoms with van der Waals surface area (Å²) in [5.41, 5.74) is 2.52. The van der Waals surface area contributed by atoms with Crippen LogP contribution in [0.3, 0.4) is 0 Å². The van der Waals surface area contributed by atoms with Gasteiger partial charge in [0.15, 0.2) is 11.6 Å². The Morgan fingerprint density at radius 2 is 1.79 bits per heavy atom. The fourth-order valence-corrected chi connectivity index (χ4v) is 7.10. The SMILES string of the molecule is O=C(O)CCN1C(=O)C2CC=C3C(c4ccc(OCc5ccccc5)cc4O)C4=C(CC3C2C1=O)C(=O)C(Br)=CC4=O. The van der Waals surface area contributed by atoms with Gasteiger partial charge in [-0.05, 0) is 46.3 Å². The molecule has 1 aliphatic heterocycles. The van der Waals surface area contributed by atoms with Crippen molar-refractivity contribution in [2.75, 3.05) is 6.54 Å². The Labute approximate surface area is 249 Å². The van der Waals surface area contributed by atoms with Gasteiger partial charge in [-0.1, -0.05) is 48.0 Å². The molecule has 2 amide bonds. The number of hydrogen-bond donors (Lipinski definition) is 2. The zero-order valence-corrected chi connectivity index (χ0v) is 23.9. The van der Waals surface area contributed by atoms with Crippen LogP contribution in [0, 0.1) is 17.8 Å². The third-order valence-corrected chi connectivity index (χ3v) is 9.12. The second kappa shape index (κ2) is 10.8. The topological polar surface area (TPSA) is 138 Å². The minimum Gasteiger partial charge on any atom is -0.507 e. The monoisotopic (exact) mass is 631 g/mol. The molecule has 2 aromatic carbocycles. The van der Waals surface area contributed by atoms with Gasteiger partial charge in [0.05, 0.1) is 22.7 Å². The number of amides is 2. The third-order valence-electron chi connectivity index (χ3n) is 8.53. The van der Waals surface area contributed by atoms with E-state index in [1.54, 1.807) is 12.1 Å². The van der Waals surface area contributed by atoms with E-state index in [1.165, 1.54) is 12.1 Å². The Morgan fingerprint density at radius 1 is 1.02 bits per heavy atom. The molecule has 10 heteroatoms. The second-order valence-corrected chi connectivity index (χ2v) is 11.7. The van der Waals surface area contributed by atoms with Crippen molar-refractivity contribution in [1.29, 1.82) is 0 Å². The standard InChI is InChI=1S/C32H26BrNO8/c33-23-14-25(36)29-22(30(23)39)13-21-18(8-9-20-28(21)32(41)34(31(20)40)11-10-26(37)38)27(29)19-7-6-17(12-24(19)35)42-15-16-4-2-1-3-5-16/h1-8,12,14,20-21,27-28,35H,9-11,13,15H2,(H,37,38). The van der Waals surface area contributed by atoms with E-state index in [9.17, 15) is 29.1 Å². The summed E-state index contributed by atoms with van der Waals surface area (Å²) in [4.78, 5) is 65.6. The number of halogens is 1. The third kappa shape index (κ3) is 4.69. The van der Waals surface area contributed by atoms with Gasteiger partial charge in [0.1, 0.15) is 18.1 Å². The molecule has 3 aliphatic carbocycles. The van der Waals surface area contributed by atoms with E-state index in [0.717, 1.165) is 10.5 Å². The number of carboxylic acid groups (broad SMARTS) is 1. The van der Waals surface area contributed by atoms with Gasteiger partial charge in [-0.3, -0.25) is 28.9 Å². The van der Waals surface area contributed by atoms with Crippen molar-refractivity contribution in [3.05, 3.63) is 93.0 Å². The molecule has 9 nitrogen and oxygen atoms in total. The summed E-state index contributed by atoms with van der Waals surface area (Å²) < 4.78 is 5.97. The van der Waals surface area contributed by atoms with Crippen LogP contribution in [-0.4, -0.2) is 51.0 Å². The van der Waals surface area contributed by atoms with Gasteiger partial charge in [0, 0.05) is 41.3 Å². The van der Waals surface area contributed by atoms with Gasteiger partial charge in [0.2, 0.25) is 11.8 Å². The highest BCUT2D eigenvalue weighted by Crippen LogP contribution is 2.56. The zero-order valence-electron chi connectivity index (χ0n) is 22.3. The van der Waals surface area contributed by atoms with Crippen LogP contribution in [0.1, 0.15) is 36.3 Å². The van der Waals surface area contributed by atoms with Crippen molar-refractivity contribution in [2.24, 2.45) is 17.8 Å². The zero-order chi connectivity index (χ0) is 29.7. The van der Waals surface area contributed by atoms with E-state index < -0.39 is 41.5 Å². The molecule has 4 atom stereocenters. The van der Waals surface area contributed by atoms with Gasteiger partial charge in [-0.25, -0.2) is 0 Å². The van der Waals surface area contributed by atoms with Crippen molar-refractivity contribution in [3.8, 4) is 11.5 Å². The molecule has 2 aromatic rings. The average molecular weight is 632 g/mol. The lowest BCUT2D eigenvalue weighted by Crippen LogP contribution is -2.39. The van der Waals surface area contributed by atoms with E-state index in [2.05, 4.69) is 15.9 Å². The number of allylic oxidation sites excluding steroid dienone is 6. The number of phenolic OH excluding ortho intramolecular Hbond substituents is 1. The van der Waals surface area contributed by atoms with Gasteiger partial charge in [-0.2, -0.15) is 0 Å². The van der Waals surface area contributed by atoms with E-state index >= 15 is 0 Å². The quantitative estimate of drug-likeness (QED) is 0.263. The van der Waals surface area contributed by atoms with Gasteiger partial charge >= 0.3 is 5.97 Å². The normalized spacial score (nSPS) is 25.0. The van der Waals surface area contributed by atoms with Crippen LogP contribution in [0.5, 0.6) is 11.5 Å². The fraction of sp³-hybridized carbons (Fsp3) is 0.281. The molecule has 1 fully saturated rings. The van der Waals surface area contributed by atoms with Crippen LogP contribution in [0.2, 0.25) is 0 Å². The number of carboxylic acids is 1. The Kier molecular flexibility index (Phi) is 7.18. The number of carbonyl (C=O) groups is 5. The molecule has 4 aliphatic rings. The van der Waals surface area contributed by atoms with Gasteiger partial charge < -0.3 is 14.9 Å². The molecule has 4 unspecified atom stereocenters. The minimum atomic E-state index is -1.12. The Hall–Kier alpha value is -4.31. The second-order valence-electron chi connectivity index (χ2n) is 10.9. The van der Waals surface area contributed by atoms with Crippen molar-refractivity contribution in [1.82, 2.24) is 4.90 Å². The van der Waals surface area contributed by atoms with Crippen molar-refractivity contribution < 1.29 is 38.9 Å². The molecule has 1 heterocycles. The summed E-state index contributed by atoms with van der Waals surface area (Å²) in [7, 11) is 0. The van der Waals surface area contributed by atoms with Crippen molar-refractivity contribution in [3.63, 3.8) is 0 Å². The van der Waals surface area contributed by atoms with Crippen LogP contribution in [0.25, 0.3) is 0 Å². The first kappa shape index (κ1) is 27.8. The Bertz CT molecular complexity index is 1640. The largest absolute Gasteiger partial charge is 0.507 e. The summed E-state index contributed by atoms with van der Waals surface area (Å²) in [6.07, 6.45) is 3.02.